The van der Waals surface area contributed by atoms with Gasteiger partial charge in [0.05, 0.1) is 22.8 Å². The van der Waals surface area contributed by atoms with E-state index >= 15 is 0 Å². The molecule has 1 heterocycles. The van der Waals surface area contributed by atoms with Gasteiger partial charge in [-0.1, -0.05) is 18.2 Å². The molecule has 1 saturated heterocycles. The van der Waals surface area contributed by atoms with E-state index in [-0.39, 0.29) is 34.8 Å². The molecule has 0 aromatic heterocycles. The van der Waals surface area contributed by atoms with Crippen LogP contribution in [0.2, 0.25) is 0 Å². The summed E-state index contributed by atoms with van der Waals surface area (Å²) in [7, 11) is -6.46. The van der Waals surface area contributed by atoms with Crippen molar-refractivity contribution in [3.8, 4) is 0 Å². The molecule has 1 atom stereocenters. The van der Waals surface area contributed by atoms with E-state index in [1.165, 1.54) is 6.07 Å². The number of nitrogens with one attached hydrogen (secondary N) is 1. The van der Waals surface area contributed by atoms with Crippen LogP contribution in [0.1, 0.15) is 12.0 Å². The second-order valence-corrected chi connectivity index (χ2v) is 9.44. The monoisotopic (exact) mass is 331 g/mol. The molecule has 8 heteroatoms. The Kier molecular flexibility index (Phi) is 4.38. The van der Waals surface area contributed by atoms with Crippen LogP contribution in [0.3, 0.4) is 0 Å². The molecule has 1 unspecified atom stereocenters. The fourth-order valence-electron chi connectivity index (χ4n) is 2.37. The Labute approximate surface area is 124 Å². The van der Waals surface area contributed by atoms with Crippen molar-refractivity contribution in [1.82, 2.24) is 5.32 Å². The van der Waals surface area contributed by atoms with Crippen molar-refractivity contribution in [2.45, 2.75) is 23.8 Å². The normalized spacial score (nSPS) is 21.1. The van der Waals surface area contributed by atoms with Crippen LogP contribution in [0.5, 0.6) is 0 Å². The first-order valence-corrected chi connectivity index (χ1v) is 10.2. The molecule has 1 aliphatic rings. The summed E-state index contributed by atoms with van der Waals surface area (Å²) in [6, 6.07) is 5.92. The lowest BCUT2D eigenvalue weighted by Gasteiger charge is -2.12. The Balaban J connectivity index is 2.08. The van der Waals surface area contributed by atoms with Crippen molar-refractivity contribution in [1.29, 1.82) is 0 Å². The van der Waals surface area contributed by atoms with E-state index < -0.39 is 19.7 Å². The van der Waals surface area contributed by atoms with Gasteiger partial charge in [-0.2, -0.15) is 0 Å². The molecule has 6 nitrogen and oxygen atoms in total. The first kappa shape index (κ1) is 16.0. The molecule has 1 aromatic rings. The van der Waals surface area contributed by atoms with Crippen LogP contribution in [0.15, 0.2) is 29.2 Å². The largest absolute Gasteiger partial charge is 0.352 e. The molecular formula is C13H17NO5S2. The highest BCUT2D eigenvalue weighted by atomic mass is 32.2. The van der Waals surface area contributed by atoms with Gasteiger partial charge in [0.15, 0.2) is 19.7 Å². The van der Waals surface area contributed by atoms with Gasteiger partial charge in [-0.15, -0.1) is 0 Å². The minimum atomic E-state index is -3.40. The maximum Gasteiger partial charge on any atom is 0.224 e. The Morgan fingerprint density at radius 1 is 1.33 bits per heavy atom. The molecule has 0 spiro atoms. The molecule has 21 heavy (non-hydrogen) atoms. The molecule has 0 aliphatic carbocycles. The van der Waals surface area contributed by atoms with Gasteiger partial charge >= 0.3 is 0 Å². The predicted molar refractivity (Wildman–Crippen MR) is 78.5 cm³/mol. The molecule has 0 radical (unpaired) electrons. The highest BCUT2D eigenvalue weighted by molar-refractivity contribution is 7.91. The summed E-state index contributed by atoms with van der Waals surface area (Å²) in [4.78, 5) is 12.1. The fourth-order valence-corrected chi connectivity index (χ4v) is 4.99. The minimum Gasteiger partial charge on any atom is -0.352 e. The molecule has 116 valence electrons. The van der Waals surface area contributed by atoms with Crippen LogP contribution in [0.4, 0.5) is 0 Å². The van der Waals surface area contributed by atoms with Gasteiger partial charge in [0.2, 0.25) is 5.91 Å². The van der Waals surface area contributed by atoms with E-state index in [2.05, 4.69) is 5.32 Å². The van der Waals surface area contributed by atoms with Gasteiger partial charge in [0, 0.05) is 12.3 Å². The lowest BCUT2D eigenvalue weighted by atomic mass is 10.1. The summed E-state index contributed by atoms with van der Waals surface area (Å²) in [5, 5.41) is 2.65. The SMILES string of the molecule is CS(=O)(=O)c1ccccc1CC(=O)NC1CCS(=O)(=O)C1. The van der Waals surface area contributed by atoms with Crippen molar-refractivity contribution in [3.63, 3.8) is 0 Å². The quantitative estimate of drug-likeness (QED) is 0.833. The molecule has 0 saturated carbocycles. The molecule has 1 fully saturated rings. The standard InChI is InChI=1S/C13H17NO5S2/c1-20(16,17)12-5-3-2-4-10(12)8-13(15)14-11-6-7-21(18,19)9-11/h2-5,11H,6-9H2,1H3,(H,14,15). The van der Waals surface area contributed by atoms with Gasteiger partial charge in [-0.3, -0.25) is 4.79 Å². The average Bonchev–Trinajstić information content (AvgIpc) is 2.67. The number of hydrogen-bond donors (Lipinski definition) is 1. The molecule has 0 bridgehead atoms. The summed E-state index contributed by atoms with van der Waals surface area (Å²) in [6.07, 6.45) is 1.41. The van der Waals surface area contributed by atoms with Crippen molar-refractivity contribution in [3.05, 3.63) is 29.8 Å². The summed E-state index contributed by atoms with van der Waals surface area (Å²) < 4.78 is 46.0. The third kappa shape index (κ3) is 4.28. The molecular weight excluding hydrogens is 314 g/mol. The summed E-state index contributed by atoms with van der Waals surface area (Å²) in [5.41, 5.74) is 0.415. The van der Waals surface area contributed by atoms with Gasteiger partial charge in [-0.05, 0) is 18.1 Å². The van der Waals surface area contributed by atoms with Crippen LogP contribution in [-0.2, 0) is 30.9 Å². The number of carbonyl (C=O) groups excluding carboxylic acids is 1. The van der Waals surface area contributed by atoms with Crippen LogP contribution in [0, 0.1) is 0 Å². The fraction of sp³-hybridized carbons (Fsp3) is 0.462. The highest BCUT2D eigenvalue weighted by Gasteiger charge is 2.29. The van der Waals surface area contributed by atoms with E-state index in [4.69, 9.17) is 0 Å². The molecule has 1 amide bonds. The van der Waals surface area contributed by atoms with Crippen molar-refractivity contribution in [2.75, 3.05) is 17.8 Å². The van der Waals surface area contributed by atoms with Crippen LogP contribution in [-0.4, -0.2) is 46.5 Å². The number of carbonyl (C=O) groups is 1. The topological polar surface area (TPSA) is 97.4 Å². The number of amides is 1. The lowest BCUT2D eigenvalue weighted by molar-refractivity contribution is -0.121. The zero-order valence-electron chi connectivity index (χ0n) is 11.6. The van der Waals surface area contributed by atoms with Crippen molar-refractivity contribution < 1.29 is 21.6 Å². The highest BCUT2D eigenvalue weighted by Crippen LogP contribution is 2.16. The summed E-state index contributed by atoms with van der Waals surface area (Å²) in [5.74, 6) is -0.335. The first-order valence-electron chi connectivity index (χ1n) is 6.45. The zero-order chi connectivity index (χ0) is 15.7. The van der Waals surface area contributed by atoms with Gasteiger partial charge in [0.1, 0.15) is 0 Å². The van der Waals surface area contributed by atoms with Crippen molar-refractivity contribution >= 4 is 25.6 Å². The molecule has 1 N–H and O–H groups in total. The van der Waals surface area contributed by atoms with Gasteiger partial charge < -0.3 is 5.32 Å². The molecule has 1 aromatic carbocycles. The smallest absolute Gasteiger partial charge is 0.224 e. The van der Waals surface area contributed by atoms with Crippen molar-refractivity contribution in [2.24, 2.45) is 0 Å². The second kappa shape index (κ2) is 5.76. The second-order valence-electron chi connectivity index (χ2n) is 5.22. The summed E-state index contributed by atoms with van der Waals surface area (Å²) in [6.45, 7) is 0. The molecule has 2 rings (SSSR count). The minimum absolute atomic E-state index is 0.0491. The molecule has 1 aliphatic heterocycles. The maximum absolute atomic E-state index is 12.0. The zero-order valence-corrected chi connectivity index (χ0v) is 13.2. The Bertz CT molecular complexity index is 753. The number of sulfone groups is 2. The number of benzene rings is 1. The van der Waals surface area contributed by atoms with Crippen LogP contribution < -0.4 is 5.32 Å². The Hall–Kier alpha value is -1.41. The number of rotatable bonds is 4. The maximum atomic E-state index is 12.0. The van der Waals surface area contributed by atoms with E-state index in [0.717, 1.165) is 6.26 Å². The van der Waals surface area contributed by atoms with Gasteiger partial charge in [0.25, 0.3) is 0 Å². The third-order valence-electron chi connectivity index (χ3n) is 3.32. The van der Waals surface area contributed by atoms with Crippen LogP contribution in [0.25, 0.3) is 0 Å². The van der Waals surface area contributed by atoms with Crippen LogP contribution >= 0.6 is 0 Å². The average molecular weight is 331 g/mol. The number of hydrogen-bond acceptors (Lipinski definition) is 5. The lowest BCUT2D eigenvalue weighted by Crippen LogP contribution is -2.36. The third-order valence-corrected chi connectivity index (χ3v) is 6.29. The first-order chi connectivity index (χ1) is 9.67. The Morgan fingerprint density at radius 2 is 2.00 bits per heavy atom. The van der Waals surface area contributed by atoms with E-state index in [1.54, 1.807) is 18.2 Å². The van der Waals surface area contributed by atoms with Gasteiger partial charge in [-0.25, -0.2) is 16.8 Å². The summed E-state index contributed by atoms with van der Waals surface area (Å²) >= 11 is 0. The van der Waals surface area contributed by atoms with E-state index in [9.17, 15) is 21.6 Å². The van der Waals surface area contributed by atoms with E-state index in [1.807, 2.05) is 0 Å². The van der Waals surface area contributed by atoms with E-state index in [0.29, 0.717) is 12.0 Å². The Morgan fingerprint density at radius 3 is 2.57 bits per heavy atom. The predicted octanol–water partition coefficient (Wildman–Crippen LogP) is -0.0641.